The maximum absolute atomic E-state index is 12.5. The summed E-state index contributed by atoms with van der Waals surface area (Å²) in [7, 11) is 0. The van der Waals surface area contributed by atoms with E-state index in [0.29, 0.717) is 18.0 Å². The summed E-state index contributed by atoms with van der Waals surface area (Å²) in [5, 5.41) is 0.660. The molecule has 4 rings (SSSR count). The van der Waals surface area contributed by atoms with E-state index in [1.165, 1.54) is 0 Å². The number of hydrogen-bond donors (Lipinski definition) is 0. The molecule has 1 amide bonds. The quantitative estimate of drug-likeness (QED) is 0.829. The molecule has 1 atom stereocenters. The fourth-order valence-corrected chi connectivity index (χ4v) is 4.36. The average molecular weight is 371 g/mol. The summed E-state index contributed by atoms with van der Waals surface area (Å²) in [6.45, 7) is 3.44. The second-order valence-electron chi connectivity index (χ2n) is 7.46. The zero-order chi connectivity index (χ0) is 18.0. The lowest BCUT2D eigenvalue weighted by Gasteiger charge is -2.48. The van der Waals surface area contributed by atoms with Crippen molar-refractivity contribution in [2.75, 3.05) is 24.5 Å². The van der Waals surface area contributed by atoms with Gasteiger partial charge < -0.3 is 9.80 Å². The Hall–Kier alpha value is -2.14. The number of hydrogen-bond acceptors (Lipinski definition) is 4. The summed E-state index contributed by atoms with van der Waals surface area (Å²) in [5.74, 6) is 1.24. The van der Waals surface area contributed by atoms with E-state index in [4.69, 9.17) is 11.6 Å². The van der Waals surface area contributed by atoms with Gasteiger partial charge in [0.25, 0.3) is 0 Å². The Morgan fingerprint density at radius 1 is 1.12 bits per heavy atom. The van der Waals surface area contributed by atoms with Crippen molar-refractivity contribution < 1.29 is 4.79 Å². The largest absolute Gasteiger partial charge is 0.356 e. The number of halogens is 1. The van der Waals surface area contributed by atoms with Crippen LogP contribution in [0.3, 0.4) is 0 Å². The van der Waals surface area contributed by atoms with Crippen LogP contribution in [0.1, 0.15) is 31.2 Å². The molecule has 0 radical (unpaired) electrons. The first kappa shape index (κ1) is 17.3. The number of piperidine rings is 2. The Kier molecular flexibility index (Phi) is 4.81. The topological polar surface area (TPSA) is 49.3 Å². The van der Waals surface area contributed by atoms with Crippen LogP contribution >= 0.6 is 11.6 Å². The lowest BCUT2D eigenvalue weighted by atomic mass is 9.73. The maximum Gasteiger partial charge on any atom is 0.222 e. The molecule has 26 heavy (non-hydrogen) atoms. The van der Waals surface area contributed by atoms with Crippen molar-refractivity contribution in [2.24, 2.45) is 5.41 Å². The number of aromatic nitrogens is 2. The first-order valence-electron chi connectivity index (χ1n) is 9.17. The summed E-state index contributed by atoms with van der Waals surface area (Å²) >= 11 is 5.98. The van der Waals surface area contributed by atoms with Crippen molar-refractivity contribution in [1.29, 1.82) is 0 Å². The average Bonchev–Trinajstić information content (AvgIpc) is 2.67. The molecule has 1 spiro atoms. The number of carbonyl (C=O) groups is 1. The van der Waals surface area contributed by atoms with Crippen LogP contribution in [-0.4, -0.2) is 40.4 Å². The molecular formula is C20H23ClN4O. The van der Waals surface area contributed by atoms with E-state index < -0.39 is 0 Å². The van der Waals surface area contributed by atoms with Crippen LogP contribution in [0.4, 0.5) is 5.82 Å². The predicted octanol–water partition coefficient (Wildman–Crippen LogP) is 3.54. The lowest BCUT2D eigenvalue weighted by Crippen LogP contribution is -2.54. The molecule has 2 aromatic heterocycles. The predicted molar refractivity (Wildman–Crippen MR) is 102 cm³/mol. The molecule has 136 valence electrons. The van der Waals surface area contributed by atoms with Gasteiger partial charge in [0.05, 0.1) is 5.02 Å². The smallest absolute Gasteiger partial charge is 0.222 e. The SMILES string of the molecule is O=C1CC[C@]2(CCCN(c3ccc(Cl)cn3)C2)CN1Cc1ccncc1. The highest BCUT2D eigenvalue weighted by Crippen LogP contribution is 2.40. The molecule has 2 saturated heterocycles. The van der Waals surface area contributed by atoms with Crippen molar-refractivity contribution in [3.63, 3.8) is 0 Å². The third kappa shape index (κ3) is 3.68. The van der Waals surface area contributed by atoms with Crippen molar-refractivity contribution in [1.82, 2.24) is 14.9 Å². The fourth-order valence-electron chi connectivity index (χ4n) is 4.25. The van der Waals surface area contributed by atoms with Gasteiger partial charge in [-0.05, 0) is 49.1 Å². The molecule has 0 aliphatic carbocycles. The van der Waals surface area contributed by atoms with Crippen LogP contribution in [0.5, 0.6) is 0 Å². The Balaban J connectivity index is 1.49. The van der Waals surface area contributed by atoms with Crippen molar-refractivity contribution >= 4 is 23.3 Å². The van der Waals surface area contributed by atoms with Gasteiger partial charge in [-0.15, -0.1) is 0 Å². The number of rotatable bonds is 3. The second-order valence-corrected chi connectivity index (χ2v) is 7.90. The van der Waals surface area contributed by atoms with E-state index in [2.05, 4.69) is 14.9 Å². The molecule has 5 nitrogen and oxygen atoms in total. The van der Waals surface area contributed by atoms with Gasteiger partial charge in [-0.25, -0.2) is 4.98 Å². The van der Waals surface area contributed by atoms with E-state index in [0.717, 1.165) is 50.3 Å². The third-order valence-corrected chi connectivity index (χ3v) is 5.79. The highest BCUT2D eigenvalue weighted by molar-refractivity contribution is 6.30. The molecule has 0 N–H and O–H groups in total. The Bertz CT molecular complexity index is 767. The normalized spacial score (nSPS) is 23.5. The van der Waals surface area contributed by atoms with Gasteiger partial charge in [0, 0.05) is 56.6 Å². The van der Waals surface area contributed by atoms with Gasteiger partial charge in [-0.2, -0.15) is 0 Å². The van der Waals surface area contributed by atoms with Gasteiger partial charge in [-0.3, -0.25) is 9.78 Å². The number of amides is 1. The highest BCUT2D eigenvalue weighted by atomic mass is 35.5. The first-order chi connectivity index (χ1) is 12.6. The summed E-state index contributed by atoms with van der Waals surface area (Å²) in [6, 6.07) is 7.86. The number of pyridine rings is 2. The minimum absolute atomic E-state index is 0.153. The Morgan fingerprint density at radius 3 is 2.73 bits per heavy atom. The summed E-state index contributed by atoms with van der Waals surface area (Å²) in [4.78, 5) is 25.4. The zero-order valence-electron chi connectivity index (χ0n) is 14.8. The van der Waals surface area contributed by atoms with E-state index in [-0.39, 0.29) is 11.3 Å². The Morgan fingerprint density at radius 2 is 1.96 bits per heavy atom. The minimum Gasteiger partial charge on any atom is -0.356 e. The molecule has 4 heterocycles. The highest BCUT2D eigenvalue weighted by Gasteiger charge is 2.41. The summed E-state index contributed by atoms with van der Waals surface area (Å²) < 4.78 is 0. The van der Waals surface area contributed by atoms with Crippen LogP contribution in [0, 0.1) is 5.41 Å². The number of likely N-dealkylation sites (tertiary alicyclic amines) is 1. The minimum atomic E-state index is 0.153. The van der Waals surface area contributed by atoms with Gasteiger partial charge in [0.15, 0.2) is 0 Å². The molecule has 2 aromatic rings. The molecular weight excluding hydrogens is 348 g/mol. The van der Waals surface area contributed by atoms with Gasteiger partial charge in [0.1, 0.15) is 5.82 Å². The summed E-state index contributed by atoms with van der Waals surface area (Å²) in [5.41, 5.74) is 1.29. The molecule has 0 saturated carbocycles. The van der Waals surface area contributed by atoms with Crippen molar-refractivity contribution in [2.45, 2.75) is 32.2 Å². The lowest BCUT2D eigenvalue weighted by molar-refractivity contribution is -0.138. The maximum atomic E-state index is 12.5. The molecule has 2 aliphatic heterocycles. The van der Waals surface area contributed by atoms with E-state index in [1.807, 2.05) is 29.2 Å². The van der Waals surface area contributed by atoms with E-state index in [1.54, 1.807) is 18.6 Å². The van der Waals surface area contributed by atoms with Crippen molar-refractivity contribution in [3.8, 4) is 0 Å². The number of anilines is 1. The molecule has 2 aliphatic rings. The molecule has 6 heteroatoms. The van der Waals surface area contributed by atoms with E-state index >= 15 is 0 Å². The first-order valence-corrected chi connectivity index (χ1v) is 9.55. The fraction of sp³-hybridized carbons (Fsp3) is 0.450. The van der Waals surface area contributed by atoms with Crippen LogP contribution in [-0.2, 0) is 11.3 Å². The van der Waals surface area contributed by atoms with Crippen LogP contribution in [0.15, 0.2) is 42.9 Å². The van der Waals surface area contributed by atoms with Crippen molar-refractivity contribution in [3.05, 3.63) is 53.4 Å². The van der Waals surface area contributed by atoms with Crippen LogP contribution in [0.25, 0.3) is 0 Å². The monoisotopic (exact) mass is 370 g/mol. The Labute approximate surface area is 159 Å². The van der Waals surface area contributed by atoms with Gasteiger partial charge in [0.2, 0.25) is 5.91 Å². The standard InChI is InChI=1S/C20H23ClN4O/c21-17-2-3-18(23-12-17)24-11-1-7-20(14-24)8-4-19(26)25(15-20)13-16-5-9-22-10-6-16/h2-3,5-6,9-10,12H,1,4,7-8,11,13-15H2/t20-/m0/s1. The molecule has 0 unspecified atom stereocenters. The number of carbonyl (C=O) groups excluding carboxylic acids is 1. The second kappa shape index (κ2) is 7.23. The van der Waals surface area contributed by atoms with Gasteiger partial charge >= 0.3 is 0 Å². The number of nitrogens with zero attached hydrogens (tertiary/aromatic N) is 4. The molecule has 2 fully saturated rings. The third-order valence-electron chi connectivity index (χ3n) is 5.57. The molecule has 0 aromatic carbocycles. The molecule has 0 bridgehead atoms. The van der Waals surface area contributed by atoms with Crippen LogP contribution in [0.2, 0.25) is 5.02 Å². The zero-order valence-corrected chi connectivity index (χ0v) is 15.5. The van der Waals surface area contributed by atoms with Crippen LogP contribution < -0.4 is 4.90 Å². The van der Waals surface area contributed by atoms with Gasteiger partial charge in [-0.1, -0.05) is 11.6 Å². The summed E-state index contributed by atoms with van der Waals surface area (Å²) in [6.07, 6.45) is 9.16. The van der Waals surface area contributed by atoms with E-state index in [9.17, 15) is 4.79 Å².